The summed E-state index contributed by atoms with van der Waals surface area (Å²) in [5, 5.41) is 7.29. The van der Waals surface area contributed by atoms with Crippen molar-refractivity contribution in [2.24, 2.45) is 0 Å². The summed E-state index contributed by atoms with van der Waals surface area (Å²) in [6.45, 7) is 1.69. The zero-order chi connectivity index (χ0) is 18.5. The number of carbonyl (C=O) groups is 1. The number of nitrogens with zero attached hydrogens (tertiary/aromatic N) is 4. The Kier molecular flexibility index (Phi) is 5.25. The molecule has 3 heterocycles. The summed E-state index contributed by atoms with van der Waals surface area (Å²) in [6.07, 6.45) is 10.4. The van der Waals surface area contributed by atoms with Crippen molar-refractivity contribution < 1.29 is 4.79 Å². The van der Waals surface area contributed by atoms with E-state index in [1.165, 1.54) is 0 Å². The van der Waals surface area contributed by atoms with Crippen molar-refractivity contribution in [1.82, 2.24) is 19.7 Å². The second-order valence-electron chi connectivity index (χ2n) is 6.83. The first-order valence-corrected chi connectivity index (χ1v) is 9.33. The molecule has 1 atom stereocenters. The van der Waals surface area contributed by atoms with Crippen LogP contribution in [0.25, 0.3) is 5.69 Å². The van der Waals surface area contributed by atoms with Crippen LogP contribution in [0, 0.1) is 0 Å². The summed E-state index contributed by atoms with van der Waals surface area (Å²) in [5.74, 6) is 0.0606. The van der Waals surface area contributed by atoms with Gasteiger partial charge in [0.05, 0.1) is 11.7 Å². The van der Waals surface area contributed by atoms with Gasteiger partial charge in [-0.3, -0.25) is 14.7 Å². The molecule has 1 aliphatic heterocycles. The fourth-order valence-electron chi connectivity index (χ4n) is 3.55. The lowest BCUT2D eigenvalue weighted by atomic mass is 10.0. The van der Waals surface area contributed by atoms with E-state index in [-0.39, 0.29) is 11.9 Å². The summed E-state index contributed by atoms with van der Waals surface area (Å²) in [7, 11) is 0. The van der Waals surface area contributed by atoms with Gasteiger partial charge >= 0.3 is 0 Å². The molecule has 1 unspecified atom stereocenters. The minimum atomic E-state index is -0.107. The Morgan fingerprint density at radius 3 is 2.74 bits per heavy atom. The standard InChI is InChI=1S/C21H23N5O/c27-21(24-18-7-9-19(10-8-18)26-14-4-12-23-26)20-6-1-2-13-25(20)16-17-5-3-11-22-15-17/h3-5,7-12,14-15,20H,1-2,6,13,16H2,(H,24,27). The van der Waals surface area contributed by atoms with Gasteiger partial charge in [0.2, 0.25) is 5.91 Å². The molecule has 0 bridgehead atoms. The molecule has 1 fully saturated rings. The Morgan fingerprint density at radius 2 is 2.00 bits per heavy atom. The number of anilines is 1. The summed E-state index contributed by atoms with van der Waals surface area (Å²) in [4.78, 5) is 19.3. The number of benzene rings is 1. The number of amides is 1. The molecule has 1 aliphatic rings. The number of hydrogen-bond acceptors (Lipinski definition) is 4. The summed E-state index contributed by atoms with van der Waals surface area (Å²) < 4.78 is 1.79. The number of likely N-dealkylation sites (tertiary alicyclic amines) is 1. The summed E-state index contributed by atoms with van der Waals surface area (Å²) in [6, 6.07) is 13.5. The number of pyridine rings is 1. The van der Waals surface area contributed by atoms with E-state index in [2.05, 4.69) is 26.4 Å². The van der Waals surface area contributed by atoms with Crippen molar-refractivity contribution in [3.05, 3.63) is 72.8 Å². The number of hydrogen-bond donors (Lipinski definition) is 1. The monoisotopic (exact) mass is 361 g/mol. The quantitative estimate of drug-likeness (QED) is 0.758. The lowest BCUT2D eigenvalue weighted by Gasteiger charge is -2.34. The maximum Gasteiger partial charge on any atom is 0.241 e. The molecule has 0 spiro atoms. The second kappa shape index (κ2) is 8.14. The van der Waals surface area contributed by atoms with Crippen LogP contribution in [0.1, 0.15) is 24.8 Å². The normalized spacial score (nSPS) is 17.6. The average Bonchev–Trinajstić information content (AvgIpc) is 3.25. The predicted molar refractivity (Wildman–Crippen MR) is 104 cm³/mol. The van der Waals surface area contributed by atoms with Crippen molar-refractivity contribution in [3.63, 3.8) is 0 Å². The molecule has 1 aromatic carbocycles. The number of nitrogens with one attached hydrogen (secondary N) is 1. The minimum Gasteiger partial charge on any atom is -0.325 e. The van der Waals surface area contributed by atoms with E-state index in [1.807, 2.05) is 48.8 Å². The Balaban J connectivity index is 1.42. The molecule has 0 saturated carbocycles. The van der Waals surface area contributed by atoms with Gasteiger partial charge in [-0.15, -0.1) is 0 Å². The Hall–Kier alpha value is -2.99. The van der Waals surface area contributed by atoms with Crippen molar-refractivity contribution in [1.29, 1.82) is 0 Å². The van der Waals surface area contributed by atoms with Crippen molar-refractivity contribution in [2.75, 3.05) is 11.9 Å². The second-order valence-corrected chi connectivity index (χ2v) is 6.83. The number of carbonyl (C=O) groups excluding carboxylic acids is 1. The zero-order valence-corrected chi connectivity index (χ0v) is 15.2. The number of rotatable bonds is 5. The molecule has 4 rings (SSSR count). The molecule has 0 radical (unpaired) electrons. The van der Waals surface area contributed by atoms with Gasteiger partial charge in [0, 0.05) is 37.0 Å². The highest BCUT2D eigenvalue weighted by molar-refractivity contribution is 5.95. The molecule has 6 nitrogen and oxygen atoms in total. The molecular formula is C21H23N5O. The van der Waals surface area contributed by atoms with Gasteiger partial charge in [-0.1, -0.05) is 12.5 Å². The maximum absolute atomic E-state index is 12.9. The average molecular weight is 361 g/mol. The first kappa shape index (κ1) is 17.4. The molecule has 1 amide bonds. The third kappa shape index (κ3) is 4.23. The largest absolute Gasteiger partial charge is 0.325 e. The van der Waals surface area contributed by atoms with Crippen LogP contribution in [0.2, 0.25) is 0 Å². The van der Waals surface area contributed by atoms with E-state index < -0.39 is 0 Å². The Bertz CT molecular complexity index is 861. The van der Waals surface area contributed by atoms with Crippen LogP contribution in [0.3, 0.4) is 0 Å². The number of aromatic nitrogens is 3. The molecule has 138 valence electrons. The van der Waals surface area contributed by atoms with Gasteiger partial charge in [-0.05, 0) is 61.3 Å². The molecule has 6 heteroatoms. The van der Waals surface area contributed by atoms with Crippen LogP contribution >= 0.6 is 0 Å². The maximum atomic E-state index is 12.9. The predicted octanol–water partition coefficient (Wildman–Crippen LogP) is 3.26. The highest BCUT2D eigenvalue weighted by atomic mass is 16.2. The minimum absolute atomic E-state index is 0.0606. The highest BCUT2D eigenvalue weighted by Crippen LogP contribution is 2.21. The van der Waals surface area contributed by atoms with Gasteiger partial charge in [-0.2, -0.15) is 5.10 Å². The van der Waals surface area contributed by atoms with Crippen molar-refractivity contribution in [3.8, 4) is 5.69 Å². The van der Waals surface area contributed by atoms with E-state index in [0.717, 1.165) is 49.3 Å². The first-order valence-electron chi connectivity index (χ1n) is 9.33. The van der Waals surface area contributed by atoms with Crippen molar-refractivity contribution in [2.45, 2.75) is 31.8 Å². The van der Waals surface area contributed by atoms with Crippen LogP contribution in [0.4, 0.5) is 5.69 Å². The van der Waals surface area contributed by atoms with E-state index in [9.17, 15) is 4.79 Å². The van der Waals surface area contributed by atoms with Gasteiger partial charge in [0.15, 0.2) is 0 Å². The lowest BCUT2D eigenvalue weighted by molar-refractivity contribution is -0.122. The number of piperidine rings is 1. The third-order valence-electron chi connectivity index (χ3n) is 4.93. The molecule has 1 saturated heterocycles. The van der Waals surface area contributed by atoms with Gasteiger partial charge in [0.25, 0.3) is 0 Å². The van der Waals surface area contributed by atoms with Crippen LogP contribution in [0.5, 0.6) is 0 Å². The van der Waals surface area contributed by atoms with Crippen LogP contribution in [-0.4, -0.2) is 38.2 Å². The molecule has 27 heavy (non-hydrogen) atoms. The molecule has 2 aromatic heterocycles. The summed E-state index contributed by atoms with van der Waals surface area (Å²) in [5.41, 5.74) is 2.91. The van der Waals surface area contributed by atoms with E-state index in [1.54, 1.807) is 17.1 Å². The van der Waals surface area contributed by atoms with Gasteiger partial charge in [-0.25, -0.2) is 4.68 Å². The topological polar surface area (TPSA) is 63.1 Å². The molecule has 1 N–H and O–H groups in total. The van der Waals surface area contributed by atoms with Crippen molar-refractivity contribution >= 4 is 11.6 Å². The van der Waals surface area contributed by atoms with Crippen LogP contribution in [0.15, 0.2) is 67.3 Å². The first-order chi connectivity index (χ1) is 13.3. The van der Waals surface area contributed by atoms with E-state index in [0.29, 0.717) is 0 Å². The van der Waals surface area contributed by atoms with E-state index in [4.69, 9.17) is 0 Å². The molecule has 0 aliphatic carbocycles. The van der Waals surface area contributed by atoms with Crippen LogP contribution in [-0.2, 0) is 11.3 Å². The molecular weight excluding hydrogens is 338 g/mol. The van der Waals surface area contributed by atoms with E-state index >= 15 is 0 Å². The SMILES string of the molecule is O=C(Nc1ccc(-n2cccn2)cc1)C1CCCCN1Cc1cccnc1. The third-order valence-corrected chi connectivity index (χ3v) is 4.93. The Morgan fingerprint density at radius 1 is 1.11 bits per heavy atom. The summed E-state index contributed by atoms with van der Waals surface area (Å²) >= 11 is 0. The Labute approximate surface area is 158 Å². The smallest absolute Gasteiger partial charge is 0.241 e. The van der Waals surface area contributed by atoms with Gasteiger partial charge < -0.3 is 5.32 Å². The lowest BCUT2D eigenvalue weighted by Crippen LogP contribution is -2.46. The zero-order valence-electron chi connectivity index (χ0n) is 15.2. The fraction of sp³-hybridized carbons (Fsp3) is 0.286. The van der Waals surface area contributed by atoms with Gasteiger partial charge in [0.1, 0.15) is 0 Å². The molecule has 3 aromatic rings. The van der Waals surface area contributed by atoms with Crippen LogP contribution < -0.4 is 5.32 Å². The highest BCUT2D eigenvalue weighted by Gasteiger charge is 2.28. The fourth-order valence-corrected chi connectivity index (χ4v) is 3.55.